The molecule has 0 radical (unpaired) electrons. The Hall–Kier alpha value is -0.630. The predicted molar refractivity (Wildman–Crippen MR) is 40.5 cm³/mol. The van der Waals surface area contributed by atoms with Gasteiger partial charge >= 0.3 is 0 Å². The second kappa shape index (κ2) is 2.97. The van der Waals surface area contributed by atoms with Gasteiger partial charge in [-0.2, -0.15) is 0 Å². The summed E-state index contributed by atoms with van der Waals surface area (Å²) in [5, 5.41) is 0. The standard InChI is InChI=1S/C8H13NO/c1-2-3-8(10)7-4-6(7)5-9/h2-3,6-7H,4-5,9H2,1H3/b3-2+/t6-,7-/m1/s1. The summed E-state index contributed by atoms with van der Waals surface area (Å²) < 4.78 is 0. The number of rotatable bonds is 3. The van der Waals surface area contributed by atoms with Crippen LogP contribution >= 0.6 is 0 Å². The Morgan fingerprint density at radius 2 is 2.50 bits per heavy atom. The molecule has 1 saturated carbocycles. The Morgan fingerprint density at radius 1 is 1.80 bits per heavy atom. The number of hydrogen-bond acceptors (Lipinski definition) is 2. The molecule has 1 aliphatic carbocycles. The first-order chi connectivity index (χ1) is 4.79. The normalized spacial score (nSPS) is 31.0. The van der Waals surface area contributed by atoms with Crippen molar-refractivity contribution in [3.63, 3.8) is 0 Å². The van der Waals surface area contributed by atoms with Gasteiger partial charge in [0.1, 0.15) is 0 Å². The highest BCUT2D eigenvalue weighted by atomic mass is 16.1. The van der Waals surface area contributed by atoms with Crippen LogP contribution in [0, 0.1) is 11.8 Å². The van der Waals surface area contributed by atoms with Crippen molar-refractivity contribution < 1.29 is 4.79 Å². The fourth-order valence-electron chi connectivity index (χ4n) is 1.14. The number of nitrogens with two attached hydrogens (primary N) is 1. The van der Waals surface area contributed by atoms with E-state index in [4.69, 9.17) is 5.73 Å². The molecule has 0 aromatic rings. The lowest BCUT2D eigenvalue weighted by atomic mass is 10.2. The molecule has 0 aliphatic heterocycles. The van der Waals surface area contributed by atoms with E-state index >= 15 is 0 Å². The maximum Gasteiger partial charge on any atom is 0.158 e. The number of carbonyl (C=O) groups is 1. The number of carbonyl (C=O) groups excluding carboxylic acids is 1. The third-order valence-corrected chi connectivity index (χ3v) is 1.92. The van der Waals surface area contributed by atoms with Crippen molar-refractivity contribution in [2.45, 2.75) is 13.3 Å². The number of allylic oxidation sites excluding steroid dienone is 2. The van der Waals surface area contributed by atoms with Crippen molar-refractivity contribution in [3.05, 3.63) is 12.2 Å². The highest BCUT2D eigenvalue weighted by molar-refractivity contribution is 5.93. The Bertz CT molecular complexity index is 163. The van der Waals surface area contributed by atoms with Crippen LogP contribution in [0.2, 0.25) is 0 Å². The van der Waals surface area contributed by atoms with Gasteiger partial charge in [-0.05, 0) is 31.9 Å². The highest BCUT2D eigenvalue weighted by Crippen LogP contribution is 2.38. The fourth-order valence-corrected chi connectivity index (χ4v) is 1.14. The fraction of sp³-hybridized carbons (Fsp3) is 0.625. The van der Waals surface area contributed by atoms with Gasteiger partial charge in [0, 0.05) is 5.92 Å². The minimum absolute atomic E-state index is 0.248. The Morgan fingerprint density at radius 3 is 2.90 bits per heavy atom. The van der Waals surface area contributed by atoms with Gasteiger partial charge in [0.15, 0.2) is 5.78 Å². The second-order valence-electron chi connectivity index (χ2n) is 2.74. The van der Waals surface area contributed by atoms with Crippen molar-refractivity contribution in [2.75, 3.05) is 6.54 Å². The maximum atomic E-state index is 11.0. The van der Waals surface area contributed by atoms with E-state index in [0.29, 0.717) is 12.5 Å². The average molecular weight is 139 g/mol. The van der Waals surface area contributed by atoms with Gasteiger partial charge in [0.25, 0.3) is 0 Å². The van der Waals surface area contributed by atoms with Gasteiger partial charge in [-0.15, -0.1) is 0 Å². The van der Waals surface area contributed by atoms with E-state index in [0.717, 1.165) is 6.42 Å². The van der Waals surface area contributed by atoms with E-state index in [-0.39, 0.29) is 11.7 Å². The summed E-state index contributed by atoms with van der Waals surface area (Å²) in [6.45, 7) is 2.52. The first-order valence-electron chi connectivity index (χ1n) is 3.66. The zero-order valence-electron chi connectivity index (χ0n) is 6.21. The van der Waals surface area contributed by atoms with Crippen molar-refractivity contribution >= 4 is 5.78 Å². The minimum Gasteiger partial charge on any atom is -0.330 e. The van der Waals surface area contributed by atoms with E-state index in [9.17, 15) is 4.79 Å². The molecule has 0 aromatic heterocycles. The Kier molecular flexibility index (Phi) is 2.22. The molecular formula is C8H13NO. The molecule has 0 bridgehead atoms. The van der Waals surface area contributed by atoms with Gasteiger partial charge < -0.3 is 5.73 Å². The highest BCUT2D eigenvalue weighted by Gasteiger charge is 2.39. The molecule has 1 fully saturated rings. The van der Waals surface area contributed by atoms with Crippen molar-refractivity contribution in [1.82, 2.24) is 0 Å². The first-order valence-corrected chi connectivity index (χ1v) is 3.66. The molecular weight excluding hydrogens is 126 g/mol. The van der Waals surface area contributed by atoms with Crippen LogP contribution in [-0.4, -0.2) is 12.3 Å². The summed E-state index contributed by atoms with van der Waals surface area (Å²) in [5.41, 5.74) is 5.38. The van der Waals surface area contributed by atoms with E-state index in [1.807, 2.05) is 6.92 Å². The summed E-state index contributed by atoms with van der Waals surface area (Å²) in [7, 11) is 0. The third kappa shape index (κ3) is 1.45. The van der Waals surface area contributed by atoms with Crippen molar-refractivity contribution in [3.8, 4) is 0 Å². The molecule has 2 heteroatoms. The molecule has 1 aliphatic rings. The van der Waals surface area contributed by atoms with Crippen molar-refractivity contribution in [2.24, 2.45) is 17.6 Å². The molecule has 2 atom stereocenters. The van der Waals surface area contributed by atoms with E-state index in [1.165, 1.54) is 0 Å². The van der Waals surface area contributed by atoms with Gasteiger partial charge in [0.05, 0.1) is 0 Å². The molecule has 0 aromatic carbocycles. The van der Waals surface area contributed by atoms with Crippen LogP contribution in [0.25, 0.3) is 0 Å². The molecule has 2 nitrogen and oxygen atoms in total. The lowest BCUT2D eigenvalue weighted by Gasteiger charge is -1.88. The lowest BCUT2D eigenvalue weighted by molar-refractivity contribution is -0.116. The SMILES string of the molecule is C/C=C/C(=O)[C@@H]1C[C@@H]1CN. The van der Waals surface area contributed by atoms with Crippen LogP contribution < -0.4 is 5.73 Å². The van der Waals surface area contributed by atoms with E-state index in [2.05, 4.69) is 0 Å². The average Bonchev–Trinajstić information content (AvgIpc) is 2.66. The molecule has 10 heavy (non-hydrogen) atoms. The summed E-state index contributed by atoms with van der Waals surface area (Å²) in [6, 6.07) is 0. The topological polar surface area (TPSA) is 43.1 Å². The lowest BCUT2D eigenvalue weighted by Crippen LogP contribution is -2.06. The Balaban J connectivity index is 2.32. The van der Waals surface area contributed by atoms with Gasteiger partial charge in [-0.3, -0.25) is 4.79 Å². The van der Waals surface area contributed by atoms with Gasteiger partial charge in [0.2, 0.25) is 0 Å². The van der Waals surface area contributed by atoms with E-state index < -0.39 is 0 Å². The molecule has 0 saturated heterocycles. The van der Waals surface area contributed by atoms with Crippen LogP contribution in [0.15, 0.2) is 12.2 Å². The zero-order valence-corrected chi connectivity index (χ0v) is 6.21. The van der Waals surface area contributed by atoms with Crippen LogP contribution in [-0.2, 0) is 4.79 Å². The van der Waals surface area contributed by atoms with Crippen LogP contribution in [0.4, 0.5) is 0 Å². The molecule has 0 amide bonds. The second-order valence-corrected chi connectivity index (χ2v) is 2.74. The molecule has 56 valence electrons. The summed E-state index contributed by atoms with van der Waals surface area (Å²) >= 11 is 0. The van der Waals surface area contributed by atoms with Gasteiger partial charge in [-0.1, -0.05) is 6.08 Å². The minimum atomic E-state index is 0.248. The largest absolute Gasteiger partial charge is 0.330 e. The third-order valence-electron chi connectivity index (χ3n) is 1.92. The summed E-state index contributed by atoms with van der Waals surface area (Å²) in [4.78, 5) is 11.0. The first kappa shape index (κ1) is 7.48. The molecule has 2 N–H and O–H groups in total. The molecule has 0 unspecified atom stereocenters. The molecule has 0 heterocycles. The quantitative estimate of drug-likeness (QED) is 0.586. The summed E-state index contributed by atoms with van der Waals surface area (Å²) in [6.07, 6.45) is 4.42. The summed E-state index contributed by atoms with van der Waals surface area (Å²) in [5.74, 6) is 0.975. The van der Waals surface area contributed by atoms with Crippen LogP contribution in [0.5, 0.6) is 0 Å². The monoisotopic (exact) mass is 139 g/mol. The number of ketones is 1. The van der Waals surface area contributed by atoms with Gasteiger partial charge in [-0.25, -0.2) is 0 Å². The predicted octanol–water partition coefficient (Wildman–Crippen LogP) is 0.726. The Labute approximate surface area is 61.1 Å². The zero-order chi connectivity index (χ0) is 7.56. The smallest absolute Gasteiger partial charge is 0.158 e. The molecule has 0 spiro atoms. The van der Waals surface area contributed by atoms with Crippen LogP contribution in [0.1, 0.15) is 13.3 Å². The van der Waals surface area contributed by atoms with Crippen LogP contribution in [0.3, 0.4) is 0 Å². The van der Waals surface area contributed by atoms with E-state index in [1.54, 1.807) is 12.2 Å². The van der Waals surface area contributed by atoms with Crippen molar-refractivity contribution in [1.29, 1.82) is 0 Å². The molecule has 1 rings (SSSR count). The number of hydrogen-bond donors (Lipinski definition) is 1. The maximum absolute atomic E-state index is 11.0.